The van der Waals surface area contributed by atoms with Crippen molar-refractivity contribution < 1.29 is 27.0 Å². The minimum absolute atomic E-state index is 0.0238. The molecule has 1 aromatic carbocycles. The Morgan fingerprint density at radius 3 is 2.33 bits per heavy atom. The second kappa shape index (κ2) is 8.52. The van der Waals surface area contributed by atoms with E-state index in [-0.39, 0.29) is 24.1 Å². The summed E-state index contributed by atoms with van der Waals surface area (Å²) in [7, 11) is -5.74. The molecular weight excluding hydrogens is 371 g/mol. The van der Waals surface area contributed by atoms with Gasteiger partial charge in [-0.1, -0.05) is 18.2 Å². The molecule has 24 heavy (non-hydrogen) atoms. The summed E-state index contributed by atoms with van der Waals surface area (Å²) < 4.78 is 46.6. The number of sulfone groups is 1. The van der Waals surface area contributed by atoms with Gasteiger partial charge in [-0.2, -0.15) is 0 Å². The summed E-state index contributed by atoms with van der Waals surface area (Å²) in [6.07, 6.45) is 1.33. The number of esters is 1. The maximum Gasteiger partial charge on any atom is 0.338 e. The molecule has 9 heteroatoms. The first-order valence-corrected chi connectivity index (χ1v) is 12.3. The lowest BCUT2D eigenvalue weighted by atomic mass is 10.3. The van der Waals surface area contributed by atoms with Crippen molar-refractivity contribution in [3.8, 4) is 0 Å². The first-order valence-electron chi connectivity index (χ1n) is 7.31. The molecule has 6 nitrogen and oxygen atoms in total. The Balaban J connectivity index is 3.41. The van der Waals surface area contributed by atoms with Crippen molar-refractivity contribution >= 4 is 34.9 Å². The van der Waals surface area contributed by atoms with Crippen LogP contribution in [0.5, 0.6) is 0 Å². The van der Waals surface area contributed by atoms with Crippen molar-refractivity contribution in [2.24, 2.45) is 0 Å². The minimum Gasteiger partial charge on any atom is -0.464 e. The van der Waals surface area contributed by atoms with E-state index < -0.39 is 27.3 Å². The number of hydrogen-bond donors (Lipinski definition) is 0. The first-order chi connectivity index (χ1) is 11.2. The zero-order valence-corrected chi connectivity index (χ0v) is 16.7. The average molecular weight is 394 g/mol. The summed E-state index contributed by atoms with van der Waals surface area (Å²) in [5, 5.41) is 0. The van der Waals surface area contributed by atoms with Gasteiger partial charge in [-0.15, -0.1) is 11.8 Å². The summed E-state index contributed by atoms with van der Waals surface area (Å²) in [4.78, 5) is 12.6. The van der Waals surface area contributed by atoms with Crippen LogP contribution in [-0.4, -0.2) is 51.3 Å². The highest BCUT2D eigenvalue weighted by molar-refractivity contribution is 8.15. The van der Waals surface area contributed by atoms with Gasteiger partial charge in [-0.05, 0) is 31.7 Å². The normalized spacial score (nSPS) is 16.8. The fourth-order valence-electron chi connectivity index (χ4n) is 2.11. The van der Waals surface area contributed by atoms with Gasteiger partial charge in [-0.25, -0.2) is 13.2 Å². The van der Waals surface area contributed by atoms with Crippen molar-refractivity contribution in [1.29, 1.82) is 0 Å². The van der Waals surface area contributed by atoms with E-state index in [1.165, 1.54) is 32.2 Å². The van der Waals surface area contributed by atoms with Crippen molar-refractivity contribution in [3.63, 3.8) is 0 Å². The van der Waals surface area contributed by atoms with Gasteiger partial charge in [0.2, 0.25) is 13.9 Å². The number of rotatable bonds is 9. The lowest BCUT2D eigenvalue weighted by molar-refractivity contribution is -0.143. The van der Waals surface area contributed by atoms with Gasteiger partial charge in [0.1, 0.15) is 0 Å². The zero-order chi connectivity index (χ0) is 18.4. The predicted octanol–water partition coefficient (Wildman–Crippen LogP) is 3.03. The number of hydrogen-bond acceptors (Lipinski definition) is 7. The van der Waals surface area contributed by atoms with Crippen LogP contribution in [0.1, 0.15) is 13.3 Å². The Hall–Kier alpha value is -0.820. The summed E-state index contributed by atoms with van der Waals surface area (Å²) in [5.41, 5.74) is 0. The van der Waals surface area contributed by atoms with Crippen LogP contribution in [0.4, 0.5) is 0 Å². The Morgan fingerprint density at radius 1 is 1.29 bits per heavy atom. The van der Waals surface area contributed by atoms with Gasteiger partial charge in [-0.3, -0.25) is 4.57 Å². The molecule has 2 atom stereocenters. The molecule has 0 spiro atoms. The Kier molecular flexibility index (Phi) is 7.53. The van der Waals surface area contributed by atoms with Crippen LogP contribution in [-0.2, 0) is 28.5 Å². The Morgan fingerprint density at radius 2 is 1.88 bits per heavy atom. The largest absolute Gasteiger partial charge is 0.464 e. The molecule has 136 valence electrons. The third-order valence-corrected chi connectivity index (χ3v) is 9.77. The van der Waals surface area contributed by atoms with Crippen molar-refractivity contribution in [2.75, 3.05) is 32.8 Å². The molecule has 0 radical (unpaired) electrons. The standard InChI is InChI=1S/C15H23O6PS2/c1-5-21-14(16)15(23-4,11-12-22(3,17)20-2)24(18,19)13-9-7-6-8-10-13/h6-10H,5,11-12H2,1-4H3. The molecule has 0 aromatic heterocycles. The van der Waals surface area contributed by atoms with E-state index in [1.807, 2.05) is 0 Å². The third kappa shape index (κ3) is 4.42. The number of carbonyl (C=O) groups excluding carboxylic acids is 1. The number of carbonyl (C=O) groups is 1. The fourth-order valence-corrected chi connectivity index (χ4v) is 6.58. The van der Waals surface area contributed by atoms with Crippen molar-refractivity contribution in [1.82, 2.24) is 0 Å². The second-order valence-corrected chi connectivity index (χ2v) is 11.5. The van der Waals surface area contributed by atoms with Gasteiger partial charge >= 0.3 is 5.97 Å². The van der Waals surface area contributed by atoms with Gasteiger partial charge in [0.05, 0.1) is 11.5 Å². The highest BCUT2D eigenvalue weighted by Crippen LogP contribution is 2.47. The first kappa shape index (κ1) is 21.2. The summed E-state index contributed by atoms with van der Waals surface area (Å²) in [5.74, 6) is -0.850. The maximum absolute atomic E-state index is 13.2. The Labute approximate surface area is 147 Å². The smallest absolute Gasteiger partial charge is 0.338 e. The van der Waals surface area contributed by atoms with Gasteiger partial charge in [0, 0.05) is 19.9 Å². The molecule has 0 saturated heterocycles. The van der Waals surface area contributed by atoms with Crippen LogP contribution >= 0.6 is 19.1 Å². The minimum atomic E-state index is -4.05. The predicted molar refractivity (Wildman–Crippen MR) is 96.5 cm³/mol. The molecular formula is C15H23O6PS2. The van der Waals surface area contributed by atoms with Crippen molar-refractivity contribution in [3.05, 3.63) is 30.3 Å². The molecule has 1 aromatic rings. The lowest BCUT2D eigenvalue weighted by Gasteiger charge is -2.30. The third-order valence-electron chi connectivity index (χ3n) is 3.64. The molecule has 0 N–H and O–H groups in total. The van der Waals surface area contributed by atoms with E-state index in [0.29, 0.717) is 0 Å². The van der Waals surface area contributed by atoms with E-state index >= 15 is 0 Å². The van der Waals surface area contributed by atoms with Gasteiger partial charge in [0.15, 0.2) is 7.37 Å². The molecule has 0 bridgehead atoms. The quantitative estimate of drug-likeness (QED) is 0.470. The lowest BCUT2D eigenvalue weighted by Crippen LogP contribution is -2.45. The Bertz CT molecular complexity index is 704. The van der Waals surface area contributed by atoms with E-state index in [4.69, 9.17) is 9.26 Å². The molecule has 0 heterocycles. The molecule has 0 saturated carbocycles. The SMILES string of the molecule is CCOC(=O)C(CCP(C)(=O)OC)(SC)S(=O)(=O)c1ccccc1. The van der Waals surface area contributed by atoms with Gasteiger partial charge < -0.3 is 9.26 Å². The van der Waals surface area contributed by atoms with Crippen molar-refractivity contribution in [2.45, 2.75) is 22.3 Å². The van der Waals surface area contributed by atoms with Crippen LogP contribution in [0.15, 0.2) is 35.2 Å². The number of thioether (sulfide) groups is 1. The molecule has 0 amide bonds. The van der Waals surface area contributed by atoms with Crippen LogP contribution in [0.3, 0.4) is 0 Å². The highest BCUT2D eigenvalue weighted by atomic mass is 32.3. The van der Waals surface area contributed by atoms with E-state index in [2.05, 4.69) is 0 Å². The van der Waals surface area contributed by atoms with Crippen LogP contribution < -0.4 is 0 Å². The molecule has 0 aliphatic heterocycles. The zero-order valence-electron chi connectivity index (χ0n) is 14.2. The number of benzene rings is 1. The van der Waals surface area contributed by atoms with E-state index in [9.17, 15) is 17.8 Å². The molecule has 1 rings (SSSR count). The molecule has 2 unspecified atom stereocenters. The summed E-state index contributed by atoms with van der Waals surface area (Å²) >= 11 is 0.879. The van der Waals surface area contributed by atoms with E-state index in [0.717, 1.165) is 11.8 Å². The van der Waals surface area contributed by atoms with Crippen LogP contribution in [0, 0.1) is 0 Å². The molecule has 0 aliphatic carbocycles. The molecule has 0 fully saturated rings. The van der Waals surface area contributed by atoms with Gasteiger partial charge in [0.25, 0.3) is 0 Å². The average Bonchev–Trinajstić information content (AvgIpc) is 2.56. The maximum atomic E-state index is 13.2. The van der Waals surface area contributed by atoms with Crippen LogP contribution in [0.25, 0.3) is 0 Å². The number of ether oxygens (including phenoxy) is 1. The fraction of sp³-hybridized carbons (Fsp3) is 0.533. The monoisotopic (exact) mass is 394 g/mol. The summed E-state index contributed by atoms with van der Waals surface area (Å²) in [6.45, 7) is 3.08. The van der Waals surface area contributed by atoms with E-state index in [1.54, 1.807) is 25.1 Å². The molecule has 0 aliphatic rings. The second-order valence-electron chi connectivity index (χ2n) is 5.16. The summed E-state index contributed by atoms with van der Waals surface area (Å²) in [6, 6.07) is 7.73. The topological polar surface area (TPSA) is 86.7 Å². The van der Waals surface area contributed by atoms with Crippen LogP contribution in [0.2, 0.25) is 0 Å². The highest BCUT2D eigenvalue weighted by Gasteiger charge is 2.52.